The van der Waals surface area contributed by atoms with E-state index < -0.39 is 23.1 Å². The number of carbonyl (C=O) groups excluding carboxylic acids is 2. The summed E-state index contributed by atoms with van der Waals surface area (Å²) in [6.07, 6.45) is 22.1. The van der Waals surface area contributed by atoms with E-state index in [9.17, 15) is 0 Å². The topological polar surface area (TPSA) is 131 Å². The van der Waals surface area contributed by atoms with E-state index in [-0.39, 0.29) is 59.4 Å². The highest BCUT2D eigenvalue weighted by Crippen LogP contribution is 2.50. The summed E-state index contributed by atoms with van der Waals surface area (Å²) in [4.78, 5) is 92.3. The molecule has 0 radical (unpaired) electrons. The second-order valence-corrected chi connectivity index (χ2v) is 22.5. The van der Waals surface area contributed by atoms with Gasteiger partial charge in [-0.25, -0.2) is 9.59 Å². The van der Waals surface area contributed by atoms with Crippen LogP contribution in [0.25, 0.3) is 75.4 Å². The quantitative estimate of drug-likeness (QED) is 0.0176. The normalized spacial score (nSPS) is 13.9. The number of unbranched alkanes of at least 4 members (excludes halogenated alkanes) is 10. The molecular formula is C66H86N2O8. The standard InChI is InChI=1S/C66H86N2O8/c1-9-17-21-23-25-31-43(27-13-5)67-61(69)47-35-33-45-46-34-36-48-54-52(64(72)68(62(48)70)44(28-14-6)32-26-24-22-18-10-2)38-50-58(56(46)54)57-49(37-51(63(67)71)53(47)55(45)57)59(65(73)75-39-41(15-7)29-19-11-3)60(50)66(74)76-40-42(16-8)30-20-12-4/h33-38,41-44H,9-32,39-40H2,1-8H3. The number of esters is 2. The van der Waals surface area contributed by atoms with Gasteiger partial charge in [-0.3, -0.25) is 28.3 Å². The Balaban J connectivity index is 1.52. The predicted octanol–water partition coefficient (Wildman–Crippen LogP) is 16.7. The second kappa shape index (κ2) is 25.7. The molecule has 4 unspecified atom stereocenters. The van der Waals surface area contributed by atoms with E-state index in [1.807, 2.05) is 24.3 Å². The van der Waals surface area contributed by atoms with Gasteiger partial charge in [-0.05, 0) is 118 Å². The highest BCUT2D eigenvalue weighted by molar-refractivity contribution is 6.47. The molecule has 0 spiro atoms. The predicted molar refractivity (Wildman–Crippen MR) is 317 cm³/mol. The maximum Gasteiger partial charge on any atom is 0.339 e. The van der Waals surface area contributed by atoms with Gasteiger partial charge in [-0.15, -0.1) is 0 Å². The molecule has 76 heavy (non-hydrogen) atoms. The number of hydrogen-bond acceptors (Lipinski definition) is 8. The molecular weight excluding hydrogens is 949 g/mol. The molecule has 10 nitrogen and oxygen atoms in total. The van der Waals surface area contributed by atoms with Crippen LogP contribution >= 0.6 is 0 Å². The third kappa shape index (κ3) is 10.7. The van der Waals surface area contributed by atoms with Gasteiger partial charge in [0, 0.05) is 44.4 Å². The molecule has 10 heteroatoms. The fourth-order valence-electron chi connectivity index (χ4n) is 13.0. The lowest BCUT2D eigenvalue weighted by Gasteiger charge is -2.26. The molecule has 0 aliphatic carbocycles. The highest BCUT2D eigenvalue weighted by Gasteiger charge is 2.35. The van der Waals surface area contributed by atoms with Gasteiger partial charge in [0.2, 0.25) is 0 Å². The fraction of sp³-hybridized carbons (Fsp3) is 0.576. The van der Waals surface area contributed by atoms with Crippen LogP contribution in [0, 0.1) is 11.8 Å². The maximum absolute atomic E-state index is 15.5. The number of pyridine rings is 2. The van der Waals surface area contributed by atoms with Gasteiger partial charge in [-0.2, -0.15) is 0 Å². The first-order valence-corrected chi connectivity index (χ1v) is 30.1. The largest absolute Gasteiger partial charge is 0.462 e. The van der Waals surface area contributed by atoms with Gasteiger partial charge in [0.15, 0.2) is 0 Å². The molecule has 0 aliphatic heterocycles. The van der Waals surface area contributed by atoms with E-state index in [4.69, 9.17) is 9.47 Å². The van der Waals surface area contributed by atoms with Crippen LogP contribution in [0.4, 0.5) is 0 Å². The summed E-state index contributed by atoms with van der Waals surface area (Å²) < 4.78 is 15.8. The van der Waals surface area contributed by atoms with Crippen molar-refractivity contribution in [2.75, 3.05) is 13.2 Å². The van der Waals surface area contributed by atoms with Crippen LogP contribution in [0.3, 0.4) is 0 Å². The molecule has 8 rings (SSSR count). The molecule has 6 aromatic carbocycles. The maximum atomic E-state index is 15.5. The minimum Gasteiger partial charge on any atom is -0.462 e. The number of nitrogens with zero attached hydrogens (tertiary/aromatic N) is 2. The zero-order valence-electron chi connectivity index (χ0n) is 47.3. The average molecular weight is 1040 g/mol. The van der Waals surface area contributed by atoms with E-state index in [1.54, 1.807) is 12.1 Å². The smallest absolute Gasteiger partial charge is 0.339 e. The summed E-state index contributed by atoms with van der Waals surface area (Å²) in [5.41, 5.74) is -1.53. The Bertz CT molecular complexity index is 3270. The number of rotatable bonds is 32. The van der Waals surface area contributed by atoms with Gasteiger partial charge in [-0.1, -0.05) is 183 Å². The number of aromatic nitrogens is 2. The first kappa shape index (κ1) is 56.6. The lowest BCUT2D eigenvalue weighted by Crippen LogP contribution is -2.37. The number of fused-ring (bicyclic) bond motifs is 1. The summed E-state index contributed by atoms with van der Waals surface area (Å²) in [5.74, 6) is -1.25. The molecule has 8 aromatic rings. The van der Waals surface area contributed by atoms with E-state index >= 15 is 28.8 Å². The zero-order chi connectivity index (χ0) is 54.2. The molecule has 2 heterocycles. The van der Waals surface area contributed by atoms with Crippen LogP contribution < -0.4 is 22.2 Å². The van der Waals surface area contributed by atoms with Crippen molar-refractivity contribution in [3.63, 3.8) is 0 Å². The lowest BCUT2D eigenvalue weighted by molar-refractivity contribution is 0.0385. The van der Waals surface area contributed by atoms with Crippen LogP contribution in [0.15, 0.2) is 55.6 Å². The van der Waals surface area contributed by atoms with Gasteiger partial charge >= 0.3 is 11.9 Å². The van der Waals surface area contributed by atoms with Gasteiger partial charge in [0.1, 0.15) is 0 Å². The van der Waals surface area contributed by atoms with Gasteiger partial charge < -0.3 is 9.47 Å². The Labute approximate surface area is 449 Å². The van der Waals surface area contributed by atoms with Crippen molar-refractivity contribution in [2.24, 2.45) is 11.8 Å². The van der Waals surface area contributed by atoms with Crippen molar-refractivity contribution in [2.45, 2.75) is 222 Å². The Morgan fingerprint density at radius 3 is 1.07 bits per heavy atom. The minimum absolute atomic E-state index is 0.00970. The van der Waals surface area contributed by atoms with Crippen molar-refractivity contribution in [1.29, 1.82) is 0 Å². The van der Waals surface area contributed by atoms with E-state index in [0.29, 0.717) is 90.3 Å². The minimum atomic E-state index is -0.708. The van der Waals surface area contributed by atoms with Crippen molar-refractivity contribution in [1.82, 2.24) is 9.13 Å². The Kier molecular flexibility index (Phi) is 19.1. The van der Waals surface area contributed by atoms with Crippen molar-refractivity contribution < 1.29 is 19.1 Å². The molecule has 2 aromatic heterocycles. The zero-order valence-corrected chi connectivity index (χ0v) is 47.3. The molecule has 0 aliphatic rings. The van der Waals surface area contributed by atoms with Crippen LogP contribution in [0.5, 0.6) is 0 Å². The highest BCUT2D eigenvalue weighted by atomic mass is 16.5. The molecule has 0 amide bonds. The number of carbonyl (C=O) groups is 2. The summed E-state index contributed by atoms with van der Waals surface area (Å²) in [7, 11) is 0. The summed E-state index contributed by atoms with van der Waals surface area (Å²) in [6.45, 7) is 17.3. The summed E-state index contributed by atoms with van der Waals surface area (Å²) in [6, 6.07) is 10.3. The fourth-order valence-corrected chi connectivity index (χ4v) is 13.0. The van der Waals surface area contributed by atoms with E-state index in [2.05, 4.69) is 55.4 Å². The SMILES string of the molecule is CCCCCCCC(CCC)n1c(=O)c2ccc3c4ccc5c(=O)n(C(CCC)CCCCCCC)c(=O)c6cc7c(C(=O)OCC(CC)CCCC)c(C(=O)OCC(CC)CCCC)c8cc(c1=O)c2c3c8c7c4c56. The second-order valence-electron chi connectivity index (χ2n) is 22.5. The van der Waals surface area contributed by atoms with E-state index in [0.717, 1.165) is 139 Å². The third-order valence-corrected chi connectivity index (χ3v) is 17.3. The van der Waals surface area contributed by atoms with Crippen LogP contribution in [-0.2, 0) is 9.47 Å². The first-order chi connectivity index (χ1) is 37.0. The molecule has 4 atom stereocenters. The molecule has 0 fully saturated rings. The van der Waals surface area contributed by atoms with Crippen molar-refractivity contribution >= 4 is 87.3 Å². The van der Waals surface area contributed by atoms with E-state index in [1.165, 1.54) is 9.13 Å². The number of hydrogen-bond donors (Lipinski definition) is 0. The summed E-state index contributed by atoms with van der Waals surface area (Å²) in [5, 5.41) is 7.03. The van der Waals surface area contributed by atoms with Crippen LogP contribution in [0.2, 0.25) is 0 Å². The number of ether oxygens (including phenoxy) is 2. The molecule has 0 saturated carbocycles. The Hall–Kier alpha value is -5.64. The Morgan fingerprint density at radius 1 is 0.368 bits per heavy atom. The van der Waals surface area contributed by atoms with Gasteiger partial charge in [0.05, 0.1) is 24.3 Å². The van der Waals surface area contributed by atoms with Gasteiger partial charge in [0.25, 0.3) is 22.2 Å². The molecule has 0 N–H and O–H groups in total. The molecule has 408 valence electrons. The lowest BCUT2D eigenvalue weighted by atomic mass is 9.79. The third-order valence-electron chi connectivity index (χ3n) is 17.3. The van der Waals surface area contributed by atoms with Crippen LogP contribution in [-0.4, -0.2) is 34.3 Å². The molecule has 0 saturated heterocycles. The first-order valence-electron chi connectivity index (χ1n) is 30.1. The monoisotopic (exact) mass is 1030 g/mol. The van der Waals surface area contributed by atoms with Crippen LogP contribution in [0.1, 0.15) is 242 Å². The molecule has 0 bridgehead atoms. The number of benzene rings is 6. The average Bonchev–Trinajstić information content (AvgIpc) is 3.61. The van der Waals surface area contributed by atoms with Crippen molar-refractivity contribution in [3.05, 3.63) is 88.9 Å². The summed E-state index contributed by atoms with van der Waals surface area (Å²) >= 11 is 0. The van der Waals surface area contributed by atoms with Crippen molar-refractivity contribution in [3.8, 4) is 0 Å². The Morgan fingerprint density at radius 2 is 0.711 bits per heavy atom.